The first-order chi connectivity index (χ1) is 5.77. The van der Waals surface area contributed by atoms with Gasteiger partial charge in [-0.05, 0) is 31.5 Å². The van der Waals surface area contributed by atoms with Gasteiger partial charge in [0.05, 0.1) is 5.52 Å². The Kier molecular flexibility index (Phi) is 1.58. The lowest BCUT2D eigenvalue weighted by atomic mass is 10.1. The number of pyridine rings is 1. The molecule has 0 bridgehead atoms. The van der Waals surface area contributed by atoms with Crippen LogP contribution in [0, 0.1) is 13.8 Å². The minimum absolute atomic E-state index is 1.03. The highest BCUT2D eigenvalue weighted by Crippen LogP contribution is 2.16. The highest BCUT2D eigenvalue weighted by atomic mass is 14.7. The third-order valence-corrected chi connectivity index (χ3v) is 1.93. The van der Waals surface area contributed by atoms with E-state index in [1.54, 1.807) is 0 Å². The summed E-state index contributed by atoms with van der Waals surface area (Å²) in [5.74, 6) is 0. The fourth-order valence-corrected chi connectivity index (χ4v) is 1.39. The average molecular weight is 156 g/mol. The quantitative estimate of drug-likeness (QED) is 0.571. The Labute approximate surface area is 72.1 Å². The molecular weight excluding hydrogens is 146 g/mol. The van der Waals surface area contributed by atoms with Gasteiger partial charge >= 0.3 is 0 Å². The van der Waals surface area contributed by atoms with E-state index in [1.807, 2.05) is 37.3 Å². The van der Waals surface area contributed by atoms with Gasteiger partial charge in [-0.3, -0.25) is 4.98 Å². The monoisotopic (exact) mass is 156 g/mol. The standard InChI is InChI=1S/C11H10N/c1-8-7-9(2)12-11-6-4-3-5-10(8)11/h3-7H,1H2,2H3. The van der Waals surface area contributed by atoms with Crippen molar-refractivity contribution >= 4 is 10.9 Å². The van der Waals surface area contributed by atoms with Crippen LogP contribution in [0.1, 0.15) is 11.3 Å². The second-order valence-electron chi connectivity index (χ2n) is 2.94. The molecule has 12 heavy (non-hydrogen) atoms. The normalized spacial score (nSPS) is 10.5. The summed E-state index contributed by atoms with van der Waals surface area (Å²) in [6.45, 7) is 5.96. The van der Waals surface area contributed by atoms with E-state index < -0.39 is 0 Å². The summed E-state index contributed by atoms with van der Waals surface area (Å²) in [7, 11) is 0. The van der Waals surface area contributed by atoms with Crippen molar-refractivity contribution in [3.8, 4) is 0 Å². The maximum atomic E-state index is 4.40. The predicted molar refractivity (Wildman–Crippen MR) is 50.9 cm³/mol. The first-order valence-corrected chi connectivity index (χ1v) is 3.96. The summed E-state index contributed by atoms with van der Waals surface area (Å²) in [5, 5.41) is 1.14. The number of fused-ring (bicyclic) bond motifs is 1. The summed E-state index contributed by atoms with van der Waals surface area (Å²) < 4.78 is 0. The first-order valence-electron chi connectivity index (χ1n) is 3.96. The molecule has 0 spiro atoms. The fraction of sp³-hybridized carbons (Fsp3) is 0.0909. The van der Waals surface area contributed by atoms with Crippen LogP contribution in [0.3, 0.4) is 0 Å². The number of rotatable bonds is 0. The molecule has 1 heterocycles. The van der Waals surface area contributed by atoms with Crippen molar-refractivity contribution in [2.75, 3.05) is 0 Å². The molecule has 1 nitrogen and oxygen atoms in total. The zero-order chi connectivity index (χ0) is 8.55. The van der Waals surface area contributed by atoms with Crippen LogP contribution in [0.15, 0.2) is 30.3 Å². The van der Waals surface area contributed by atoms with Gasteiger partial charge in [0.2, 0.25) is 0 Å². The lowest BCUT2D eigenvalue weighted by Crippen LogP contribution is -1.85. The number of aryl methyl sites for hydroxylation is 1. The molecule has 0 unspecified atom stereocenters. The van der Waals surface area contributed by atoms with E-state index >= 15 is 0 Å². The SMILES string of the molecule is [CH2]c1cc(C)nc2ccccc12. The molecule has 0 atom stereocenters. The molecule has 2 aromatic rings. The van der Waals surface area contributed by atoms with Crippen LogP contribution in [-0.2, 0) is 0 Å². The highest BCUT2D eigenvalue weighted by molar-refractivity contribution is 5.82. The van der Waals surface area contributed by atoms with Crippen LogP contribution in [0.25, 0.3) is 10.9 Å². The molecule has 1 aromatic carbocycles. The van der Waals surface area contributed by atoms with Crippen molar-refractivity contribution in [3.63, 3.8) is 0 Å². The lowest BCUT2D eigenvalue weighted by molar-refractivity contribution is 1.25. The van der Waals surface area contributed by atoms with Gasteiger partial charge in [-0.2, -0.15) is 0 Å². The number of hydrogen-bond donors (Lipinski definition) is 0. The molecule has 1 aromatic heterocycles. The Balaban J connectivity index is 2.89. The van der Waals surface area contributed by atoms with Crippen LogP contribution in [-0.4, -0.2) is 4.98 Å². The molecule has 0 N–H and O–H groups in total. The second kappa shape index (κ2) is 2.59. The predicted octanol–water partition coefficient (Wildman–Crippen LogP) is 2.73. The molecule has 59 valence electrons. The van der Waals surface area contributed by atoms with E-state index in [4.69, 9.17) is 0 Å². The van der Waals surface area contributed by atoms with Crippen LogP contribution in [0.2, 0.25) is 0 Å². The van der Waals surface area contributed by atoms with E-state index in [-0.39, 0.29) is 0 Å². The average Bonchev–Trinajstić information content (AvgIpc) is 2.04. The Morgan fingerprint density at radius 3 is 2.83 bits per heavy atom. The van der Waals surface area contributed by atoms with Gasteiger partial charge < -0.3 is 0 Å². The van der Waals surface area contributed by atoms with Crippen LogP contribution < -0.4 is 0 Å². The third-order valence-electron chi connectivity index (χ3n) is 1.93. The fourth-order valence-electron chi connectivity index (χ4n) is 1.39. The Bertz CT molecular complexity index is 418. The minimum atomic E-state index is 1.03. The molecular formula is C11H10N. The molecule has 2 rings (SSSR count). The molecule has 0 aliphatic carbocycles. The Morgan fingerprint density at radius 1 is 1.25 bits per heavy atom. The van der Waals surface area contributed by atoms with E-state index in [2.05, 4.69) is 11.9 Å². The molecule has 1 radical (unpaired) electrons. The van der Waals surface area contributed by atoms with Gasteiger partial charge in [0.1, 0.15) is 0 Å². The number of nitrogens with zero attached hydrogens (tertiary/aromatic N) is 1. The van der Waals surface area contributed by atoms with Gasteiger partial charge in [-0.25, -0.2) is 0 Å². The molecule has 0 fully saturated rings. The molecule has 0 saturated heterocycles. The minimum Gasteiger partial charge on any atom is -0.253 e. The van der Waals surface area contributed by atoms with Crippen molar-refractivity contribution in [2.45, 2.75) is 6.92 Å². The van der Waals surface area contributed by atoms with Crippen molar-refractivity contribution in [3.05, 3.63) is 48.5 Å². The number of aromatic nitrogens is 1. The second-order valence-corrected chi connectivity index (χ2v) is 2.94. The number of benzene rings is 1. The molecule has 0 aliphatic rings. The Morgan fingerprint density at radius 2 is 2.00 bits per heavy atom. The van der Waals surface area contributed by atoms with Crippen LogP contribution in [0.4, 0.5) is 0 Å². The molecule has 0 saturated carbocycles. The summed E-state index contributed by atoms with van der Waals surface area (Å²) in [4.78, 5) is 4.40. The van der Waals surface area contributed by atoms with Gasteiger partial charge in [0.25, 0.3) is 0 Å². The van der Waals surface area contributed by atoms with E-state index in [0.717, 1.165) is 22.2 Å². The van der Waals surface area contributed by atoms with E-state index in [0.29, 0.717) is 0 Å². The Hall–Kier alpha value is -1.37. The zero-order valence-corrected chi connectivity index (χ0v) is 7.04. The number of para-hydroxylation sites is 1. The maximum Gasteiger partial charge on any atom is 0.0707 e. The van der Waals surface area contributed by atoms with Crippen molar-refractivity contribution in [1.82, 2.24) is 4.98 Å². The van der Waals surface area contributed by atoms with Gasteiger partial charge in [0, 0.05) is 11.1 Å². The third kappa shape index (κ3) is 1.07. The van der Waals surface area contributed by atoms with Gasteiger partial charge in [-0.15, -0.1) is 0 Å². The lowest BCUT2D eigenvalue weighted by Gasteiger charge is -2.01. The van der Waals surface area contributed by atoms with Crippen LogP contribution in [0.5, 0.6) is 0 Å². The van der Waals surface area contributed by atoms with Gasteiger partial charge in [0.15, 0.2) is 0 Å². The number of hydrogen-bond acceptors (Lipinski definition) is 1. The highest BCUT2D eigenvalue weighted by Gasteiger charge is 1.97. The van der Waals surface area contributed by atoms with Crippen molar-refractivity contribution in [2.24, 2.45) is 0 Å². The topological polar surface area (TPSA) is 12.9 Å². The molecule has 0 amide bonds. The smallest absolute Gasteiger partial charge is 0.0707 e. The molecule has 1 heteroatoms. The van der Waals surface area contributed by atoms with E-state index in [1.165, 1.54) is 0 Å². The summed E-state index contributed by atoms with van der Waals surface area (Å²) in [6, 6.07) is 10.1. The van der Waals surface area contributed by atoms with Crippen molar-refractivity contribution in [1.29, 1.82) is 0 Å². The van der Waals surface area contributed by atoms with Gasteiger partial charge in [-0.1, -0.05) is 18.2 Å². The largest absolute Gasteiger partial charge is 0.253 e. The zero-order valence-electron chi connectivity index (χ0n) is 7.04. The molecule has 0 aliphatic heterocycles. The maximum absolute atomic E-state index is 4.40. The summed E-state index contributed by atoms with van der Waals surface area (Å²) in [6.07, 6.45) is 0. The van der Waals surface area contributed by atoms with Crippen molar-refractivity contribution < 1.29 is 0 Å². The first kappa shape index (κ1) is 7.29. The van der Waals surface area contributed by atoms with Crippen LogP contribution >= 0.6 is 0 Å². The summed E-state index contributed by atoms with van der Waals surface area (Å²) in [5.41, 5.74) is 3.11. The summed E-state index contributed by atoms with van der Waals surface area (Å²) >= 11 is 0. The van der Waals surface area contributed by atoms with E-state index in [9.17, 15) is 0 Å².